The molecule has 0 radical (unpaired) electrons. The van der Waals surface area contributed by atoms with Crippen LogP contribution in [0.15, 0.2) is 42.5 Å². The highest BCUT2D eigenvalue weighted by Crippen LogP contribution is 2.24. The van der Waals surface area contributed by atoms with E-state index in [0.29, 0.717) is 11.3 Å². The number of carbonyl (C=O) groups is 2. The summed E-state index contributed by atoms with van der Waals surface area (Å²) in [7, 11) is 0. The lowest BCUT2D eigenvalue weighted by Gasteiger charge is -2.19. The molecule has 1 fully saturated rings. The summed E-state index contributed by atoms with van der Waals surface area (Å²) in [4.78, 5) is 27.0. The van der Waals surface area contributed by atoms with Crippen molar-refractivity contribution in [2.75, 3.05) is 18.4 Å². The Bertz CT molecular complexity index is 781. The number of hydrogen-bond acceptors (Lipinski definition) is 2. The van der Waals surface area contributed by atoms with E-state index in [9.17, 15) is 14.0 Å². The molecule has 0 saturated carbocycles. The average molecular weight is 340 g/mol. The van der Waals surface area contributed by atoms with Gasteiger partial charge in [-0.3, -0.25) is 9.59 Å². The summed E-state index contributed by atoms with van der Waals surface area (Å²) in [5.41, 5.74) is 2.65. The van der Waals surface area contributed by atoms with Crippen LogP contribution in [-0.4, -0.2) is 29.8 Å². The van der Waals surface area contributed by atoms with Crippen LogP contribution in [0.1, 0.15) is 34.3 Å². The molecule has 1 aliphatic rings. The Kier molecular flexibility index (Phi) is 5.12. The van der Waals surface area contributed by atoms with E-state index in [2.05, 4.69) is 5.32 Å². The van der Waals surface area contributed by atoms with Crippen molar-refractivity contribution in [2.45, 2.75) is 26.2 Å². The predicted molar refractivity (Wildman–Crippen MR) is 95.1 cm³/mol. The molecule has 0 aromatic heterocycles. The molecule has 0 aliphatic carbocycles. The van der Waals surface area contributed by atoms with E-state index in [1.54, 1.807) is 18.2 Å². The van der Waals surface area contributed by atoms with Crippen molar-refractivity contribution < 1.29 is 14.0 Å². The van der Waals surface area contributed by atoms with E-state index >= 15 is 0 Å². The minimum Gasteiger partial charge on any atom is -0.339 e. The Morgan fingerprint density at radius 2 is 1.76 bits per heavy atom. The molecule has 4 nitrogen and oxygen atoms in total. The number of nitrogens with zero attached hydrogens (tertiary/aromatic N) is 1. The van der Waals surface area contributed by atoms with Gasteiger partial charge in [-0.05, 0) is 49.1 Å². The number of nitrogens with one attached hydrogen (secondary N) is 1. The maximum Gasteiger partial charge on any atom is 0.256 e. The van der Waals surface area contributed by atoms with Crippen molar-refractivity contribution in [3.05, 3.63) is 65.0 Å². The van der Waals surface area contributed by atoms with Crippen LogP contribution < -0.4 is 5.32 Å². The molecule has 2 amide bonds. The number of anilines is 1. The second-order valence-corrected chi connectivity index (χ2v) is 6.35. The number of rotatable bonds is 4. The van der Waals surface area contributed by atoms with Gasteiger partial charge in [0.1, 0.15) is 5.82 Å². The first-order valence-electron chi connectivity index (χ1n) is 8.48. The van der Waals surface area contributed by atoms with Gasteiger partial charge in [-0.2, -0.15) is 0 Å². The highest BCUT2D eigenvalue weighted by molar-refractivity contribution is 6.05. The monoisotopic (exact) mass is 340 g/mol. The minimum atomic E-state index is -0.332. The molecule has 0 atom stereocenters. The van der Waals surface area contributed by atoms with Gasteiger partial charge in [-0.1, -0.05) is 24.3 Å². The van der Waals surface area contributed by atoms with Crippen LogP contribution in [0.3, 0.4) is 0 Å². The lowest BCUT2D eigenvalue weighted by molar-refractivity contribution is -0.115. The number of hydrogen-bond donors (Lipinski definition) is 1. The number of carbonyl (C=O) groups excluding carboxylic acids is 2. The van der Waals surface area contributed by atoms with Crippen molar-refractivity contribution in [3.8, 4) is 0 Å². The Labute approximate surface area is 146 Å². The van der Waals surface area contributed by atoms with Crippen molar-refractivity contribution in [1.82, 2.24) is 4.90 Å². The number of aryl methyl sites for hydroxylation is 1. The molecule has 0 bridgehead atoms. The molecule has 2 aromatic rings. The van der Waals surface area contributed by atoms with Gasteiger partial charge in [-0.15, -0.1) is 0 Å². The van der Waals surface area contributed by atoms with Gasteiger partial charge in [0.2, 0.25) is 5.91 Å². The highest BCUT2D eigenvalue weighted by Gasteiger charge is 2.24. The fourth-order valence-electron chi connectivity index (χ4n) is 3.12. The number of halogens is 1. The maximum atomic E-state index is 13.0. The zero-order valence-electron chi connectivity index (χ0n) is 14.2. The summed E-state index contributed by atoms with van der Waals surface area (Å²) < 4.78 is 13.0. The summed E-state index contributed by atoms with van der Waals surface area (Å²) in [5.74, 6) is -0.596. The third kappa shape index (κ3) is 4.05. The SMILES string of the molecule is Cc1cccc(NC(=O)Cc2ccc(F)cc2)c1C(=O)N1CCCC1. The maximum absolute atomic E-state index is 13.0. The molecule has 3 rings (SSSR count). The molecule has 1 heterocycles. The highest BCUT2D eigenvalue weighted by atomic mass is 19.1. The second kappa shape index (κ2) is 7.47. The molecule has 0 spiro atoms. The molecule has 0 unspecified atom stereocenters. The van der Waals surface area contributed by atoms with Gasteiger partial charge < -0.3 is 10.2 Å². The van der Waals surface area contributed by atoms with E-state index in [1.807, 2.05) is 24.0 Å². The van der Waals surface area contributed by atoms with Crippen LogP contribution >= 0.6 is 0 Å². The molecule has 2 aromatic carbocycles. The third-order valence-electron chi connectivity index (χ3n) is 4.43. The average Bonchev–Trinajstić information content (AvgIpc) is 3.11. The fraction of sp³-hybridized carbons (Fsp3) is 0.300. The Balaban J connectivity index is 1.77. The quantitative estimate of drug-likeness (QED) is 0.925. The zero-order valence-corrected chi connectivity index (χ0v) is 14.2. The molecule has 25 heavy (non-hydrogen) atoms. The Hall–Kier alpha value is -2.69. The van der Waals surface area contributed by atoms with E-state index in [-0.39, 0.29) is 24.1 Å². The lowest BCUT2D eigenvalue weighted by Crippen LogP contribution is -2.29. The van der Waals surface area contributed by atoms with Crippen molar-refractivity contribution in [2.24, 2.45) is 0 Å². The van der Waals surface area contributed by atoms with E-state index in [1.165, 1.54) is 12.1 Å². The number of benzene rings is 2. The lowest BCUT2D eigenvalue weighted by atomic mass is 10.0. The van der Waals surface area contributed by atoms with Crippen molar-refractivity contribution in [3.63, 3.8) is 0 Å². The van der Waals surface area contributed by atoms with Crippen molar-refractivity contribution in [1.29, 1.82) is 0 Å². The molecular formula is C20H21FN2O2. The van der Waals surface area contributed by atoms with E-state index in [0.717, 1.165) is 37.1 Å². The molecule has 1 saturated heterocycles. The summed E-state index contributed by atoms with van der Waals surface area (Å²) in [6.45, 7) is 3.39. The molecule has 1 N–H and O–H groups in total. The van der Waals surface area contributed by atoms with Crippen LogP contribution in [0, 0.1) is 12.7 Å². The first-order valence-corrected chi connectivity index (χ1v) is 8.48. The van der Waals surface area contributed by atoms with Gasteiger partial charge >= 0.3 is 0 Å². The van der Waals surface area contributed by atoms with E-state index < -0.39 is 0 Å². The standard InChI is InChI=1S/C20H21FN2O2/c1-14-5-4-6-17(19(14)20(25)23-11-2-3-12-23)22-18(24)13-15-7-9-16(21)10-8-15/h4-10H,2-3,11-13H2,1H3,(H,22,24). The molecule has 5 heteroatoms. The van der Waals surface area contributed by atoms with E-state index in [4.69, 9.17) is 0 Å². The van der Waals surface area contributed by atoms with Crippen LogP contribution in [0.4, 0.5) is 10.1 Å². The van der Waals surface area contributed by atoms with Crippen LogP contribution in [0.5, 0.6) is 0 Å². The van der Waals surface area contributed by atoms with Gasteiger partial charge in [0, 0.05) is 13.1 Å². The normalized spacial score (nSPS) is 13.8. The van der Waals surface area contributed by atoms with Gasteiger partial charge in [0.25, 0.3) is 5.91 Å². The van der Waals surface area contributed by atoms with Gasteiger partial charge in [0.05, 0.1) is 17.7 Å². The van der Waals surface area contributed by atoms with Gasteiger partial charge in [0.15, 0.2) is 0 Å². The minimum absolute atomic E-state index is 0.0346. The molecular weight excluding hydrogens is 319 g/mol. The summed E-state index contributed by atoms with van der Waals surface area (Å²) in [5, 5.41) is 2.84. The van der Waals surface area contributed by atoms with Gasteiger partial charge in [-0.25, -0.2) is 4.39 Å². The third-order valence-corrected chi connectivity index (χ3v) is 4.43. The van der Waals surface area contributed by atoms with Crippen molar-refractivity contribution >= 4 is 17.5 Å². The first-order chi connectivity index (χ1) is 12.0. The zero-order chi connectivity index (χ0) is 17.8. The Morgan fingerprint density at radius 3 is 2.44 bits per heavy atom. The molecule has 130 valence electrons. The first kappa shape index (κ1) is 17.1. The second-order valence-electron chi connectivity index (χ2n) is 6.35. The summed E-state index contributed by atoms with van der Waals surface area (Å²) >= 11 is 0. The smallest absolute Gasteiger partial charge is 0.256 e. The topological polar surface area (TPSA) is 49.4 Å². The number of likely N-dealkylation sites (tertiary alicyclic amines) is 1. The summed E-state index contributed by atoms with van der Waals surface area (Å²) in [6, 6.07) is 11.3. The van der Waals surface area contributed by atoms with Crippen LogP contribution in [0.2, 0.25) is 0 Å². The fourth-order valence-corrected chi connectivity index (χ4v) is 3.12. The number of amides is 2. The predicted octanol–water partition coefficient (Wildman–Crippen LogP) is 3.55. The van der Waals surface area contributed by atoms with Crippen LogP contribution in [-0.2, 0) is 11.2 Å². The molecule has 1 aliphatic heterocycles. The Morgan fingerprint density at radius 1 is 1.08 bits per heavy atom. The largest absolute Gasteiger partial charge is 0.339 e. The van der Waals surface area contributed by atoms with Crippen LogP contribution in [0.25, 0.3) is 0 Å². The summed E-state index contributed by atoms with van der Waals surface area (Å²) in [6.07, 6.45) is 2.17.